The van der Waals surface area contributed by atoms with Crippen molar-refractivity contribution in [2.24, 2.45) is 0 Å². The van der Waals surface area contributed by atoms with E-state index in [9.17, 15) is 4.79 Å². The van der Waals surface area contributed by atoms with Crippen LogP contribution in [0.4, 0.5) is 0 Å². The molecule has 0 saturated carbocycles. The zero-order valence-electron chi connectivity index (χ0n) is 9.33. The van der Waals surface area contributed by atoms with Gasteiger partial charge in [-0.25, -0.2) is 0 Å². The molecule has 0 bridgehead atoms. The zero-order chi connectivity index (χ0) is 12.7. The fraction of sp³-hybridized carbons (Fsp3) is 0.300. The maximum Gasteiger partial charge on any atom is 0.707 e. The summed E-state index contributed by atoms with van der Waals surface area (Å²) in [5.74, 6) is 0.334. The highest BCUT2D eigenvalue weighted by molar-refractivity contribution is 8.00. The van der Waals surface area contributed by atoms with Gasteiger partial charge in [-0.05, 0) is 31.2 Å². The van der Waals surface area contributed by atoms with E-state index in [2.05, 4.69) is 4.65 Å². The lowest BCUT2D eigenvalue weighted by molar-refractivity contribution is -0.139. The van der Waals surface area contributed by atoms with Crippen LogP contribution in [0.2, 0.25) is 0 Å². The second-order valence-electron chi connectivity index (χ2n) is 3.01. The highest BCUT2D eigenvalue weighted by Gasteiger charge is 2.10. The Hall–Kier alpha value is -1.18. The average Bonchev–Trinajstić information content (AvgIpc) is 2.28. The first kappa shape index (κ1) is 13.9. The molecular weight excluding hydrogens is 243 g/mol. The van der Waals surface area contributed by atoms with Crippen molar-refractivity contribution in [1.82, 2.24) is 0 Å². The monoisotopic (exact) mass is 256 g/mol. The first-order chi connectivity index (χ1) is 8.11. The van der Waals surface area contributed by atoms with Gasteiger partial charge in [0.05, 0.1) is 12.4 Å². The van der Waals surface area contributed by atoms with Crippen molar-refractivity contribution in [3.63, 3.8) is 0 Å². The Bertz CT molecular complexity index is 354. The Kier molecular flexibility index (Phi) is 5.89. The second kappa shape index (κ2) is 7.21. The van der Waals surface area contributed by atoms with Crippen molar-refractivity contribution < 1.29 is 24.2 Å². The van der Waals surface area contributed by atoms with E-state index < -0.39 is 7.32 Å². The molecule has 0 aliphatic carbocycles. The Labute approximate surface area is 104 Å². The molecule has 0 heterocycles. The molecule has 5 nitrogen and oxygen atoms in total. The SMILES string of the molecule is CCOC(=O)CSc1ccc(OB(O)O)cc1. The van der Waals surface area contributed by atoms with Gasteiger partial charge in [0.1, 0.15) is 5.75 Å². The van der Waals surface area contributed by atoms with E-state index in [4.69, 9.17) is 14.8 Å². The first-order valence-electron chi connectivity index (χ1n) is 5.03. The summed E-state index contributed by atoms with van der Waals surface area (Å²) in [6.07, 6.45) is 0. The van der Waals surface area contributed by atoms with Gasteiger partial charge < -0.3 is 19.4 Å². The quantitative estimate of drug-likeness (QED) is 0.443. The molecular formula is C10H13BO5S. The minimum Gasteiger partial charge on any atom is -0.512 e. The first-order valence-corrected chi connectivity index (χ1v) is 6.01. The predicted octanol–water partition coefficient (Wildman–Crippen LogP) is 0.690. The normalized spacial score (nSPS) is 9.82. The molecule has 0 amide bonds. The van der Waals surface area contributed by atoms with Gasteiger partial charge in [-0.15, -0.1) is 11.8 Å². The lowest BCUT2D eigenvalue weighted by atomic mass is 10.2. The van der Waals surface area contributed by atoms with Gasteiger partial charge in [0.25, 0.3) is 0 Å². The Morgan fingerprint density at radius 1 is 1.35 bits per heavy atom. The Morgan fingerprint density at radius 2 is 2.00 bits per heavy atom. The molecule has 0 radical (unpaired) electrons. The van der Waals surface area contributed by atoms with E-state index in [1.165, 1.54) is 11.8 Å². The number of thioether (sulfide) groups is 1. The molecule has 1 rings (SSSR count). The third kappa shape index (κ3) is 5.62. The molecule has 0 spiro atoms. The number of hydrogen-bond acceptors (Lipinski definition) is 6. The van der Waals surface area contributed by atoms with E-state index in [1.807, 2.05) is 0 Å². The number of carbonyl (C=O) groups is 1. The van der Waals surface area contributed by atoms with Crippen LogP contribution in [0.3, 0.4) is 0 Å². The number of hydrogen-bond donors (Lipinski definition) is 2. The van der Waals surface area contributed by atoms with E-state index >= 15 is 0 Å². The lowest BCUT2D eigenvalue weighted by Crippen LogP contribution is -2.20. The van der Waals surface area contributed by atoms with Crippen LogP contribution in [0, 0.1) is 0 Å². The van der Waals surface area contributed by atoms with Crippen LogP contribution in [0.5, 0.6) is 5.75 Å². The molecule has 17 heavy (non-hydrogen) atoms. The molecule has 1 aromatic carbocycles. The van der Waals surface area contributed by atoms with E-state index in [0.717, 1.165) is 4.90 Å². The molecule has 0 atom stereocenters. The molecule has 0 aliphatic rings. The fourth-order valence-electron chi connectivity index (χ4n) is 1.08. The lowest BCUT2D eigenvalue weighted by Gasteiger charge is -2.05. The van der Waals surface area contributed by atoms with Gasteiger partial charge in [0, 0.05) is 4.90 Å². The highest BCUT2D eigenvalue weighted by Crippen LogP contribution is 2.21. The summed E-state index contributed by atoms with van der Waals surface area (Å²) >= 11 is 1.34. The third-order valence-electron chi connectivity index (χ3n) is 1.73. The molecule has 7 heteroatoms. The smallest absolute Gasteiger partial charge is 0.512 e. The molecule has 0 saturated heterocycles. The summed E-state index contributed by atoms with van der Waals surface area (Å²) in [4.78, 5) is 12.0. The van der Waals surface area contributed by atoms with Gasteiger partial charge >= 0.3 is 13.3 Å². The largest absolute Gasteiger partial charge is 0.707 e. The van der Waals surface area contributed by atoms with Gasteiger partial charge in [-0.1, -0.05) is 0 Å². The highest BCUT2D eigenvalue weighted by atomic mass is 32.2. The fourth-order valence-corrected chi connectivity index (χ4v) is 1.78. The molecule has 0 fully saturated rings. The van der Waals surface area contributed by atoms with Crippen molar-refractivity contribution in [3.8, 4) is 5.75 Å². The summed E-state index contributed by atoms with van der Waals surface area (Å²) in [5.41, 5.74) is 0. The van der Waals surface area contributed by atoms with E-state index in [1.54, 1.807) is 31.2 Å². The summed E-state index contributed by atoms with van der Waals surface area (Å²) in [5, 5.41) is 17.2. The van der Waals surface area contributed by atoms with Crippen LogP contribution < -0.4 is 4.65 Å². The third-order valence-corrected chi connectivity index (χ3v) is 2.71. The summed E-state index contributed by atoms with van der Waals surface area (Å²) < 4.78 is 9.43. The standard InChI is InChI=1S/C10H13BO5S/c1-2-15-10(12)7-17-9-5-3-8(4-6-9)16-11(13)14/h3-6,13-14H,2,7H2,1H3. The molecule has 0 unspecified atom stereocenters. The van der Waals surface area contributed by atoms with Crippen molar-refractivity contribution in [2.75, 3.05) is 12.4 Å². The van der Waals surface area contributed by atoms with Gasteiger partial charge in [-0.2, -0.15) is 0 Å². The second-order valence-corrected chi connectivity index (χ2v) is 4.06. The molecule has 2 N–H and O–H groups in total. The zero-order valence-corrected chi connectivity index (χ0v) is 10.1. The van der Waals surface area contributed by atoms with Crippen LogP contribution >= 0.6 is 11.8 Å². The van der Waals surface area contributed by atoms with Crippen molar-refractivity contribution in [3.05, 3.63) is 24.3 Å². The molecule has 1 aromatic rings. The van der Waals surface area contributed by atoms with Crippen LogP contribution in [0.15, 0.2) is 29.2 Å². The van der Waals surface area contributed by atoms with Crippen molar-refractivity contribution in [2.45, 2.75) is 11.8 Å². The minimum absolute atomic E-state index is 0.247. The van der Waals surface area contributed by atoms with Gasteiger partial charge in [0.15, 0.2) is 0 Å². The van der Waals surface area contributed by atoms with E-state index in [-0.39, 0.29) is 11.7 Å². The Morgan fingerprint density at radius 3 is 2.53 bits per heavy atom. The number of esters is 1. The summed E-state index contributed by atoms with van der Waals surface area (Å²) in [6, 6.07) is 6.63. The Balaban J connectivity index is 2.42. The summed E-state index contributed by atoms with van der Waals surface area (Å²) in [7, 11) is -1.83. The van der Waals surface area contributed by atoms with E-state index in [0.29, 0.717) is 12.4 Å². The molecule has 92 valence electrons. The van der Waals surface area contributed by atoms with Gasteiger partial charge in [-0.3, -0.25) is 4.79 Å². The summed E-state index contributed by atoms with van der Waals surface area (Å²) in [6.45, 7) is 2.13. The molecule has 0 aliphatic heterocycles. The topological polar surface area (TPSA) is 76.0 Å². The molecule has 0 aromatic heterocycles. The number of ether oxygens (including phenoxy) is 1. The van der Waals surface area contributed by atoms with Crippen LogP contribution in [-0.4, -0.2) is 35.7 Å². The number of benzene rings is 1. The van der Waals surface area contributed by atoms with Crippen LogP contribution in [0.1, 0.15) is 6.92 Å². The predicted molar refractivity (Wildman–Crippen MR) is 64.6 cm³/mol. The maximum absolute atomic E-state index is 11.1. The number of rotatable bonds is 6. The van der Waals surface area contributed by atoms with Gasteiger partial charge in [0.2, 0.25) is 0 Å². The minimum atomic E-state index is -1.83. The van der Waals surface area contributed by atoms with Crippen molar-refractivity contribution in [1.29, 1.82) is 0 Å². The number of carbonyl (C=O) groups excluding carboxylic acids is 1. The van der Waals surface area contributed by atoms with Crippen LogP contribution in [-0.2, 0) is 9.53 Å². The van der Waals surface area contributed by atoms with Crippen LogP contribution in [0.25, 0.3) is 0 Å². The van der Waals surface area contributed by atoms with Crippen molar-refractivity contribution >= 4 is 25.1 Å². The maximum atomic E-state index is 11.1. The average molecular weight is 256 g/mol.